The van der Waals surface area contributed by atoms with E-state index in [0.717, 1.165) is 37.6 Å². The van der Waals surface area contributed by atoms with Gasteiger partial charge in [-0.1, -0.05) is 31.5 Å². The van der Waals surface area contributed by atoms with E-state index in [0.29, 0.717) is 17.1 Å². The van der Waals surface area contributed by atoms with E-state index in [1.807, 2.05) is 44.2 Å². The molecule has 0 aromatic heterocycles. The maximum absolute atomic E-state index is 12.0. The average Bonchev–Trinajstić information content (AvgIpc) is 2.67. The fraction of sp³-hybridized carbons (Fsp3) is 0.364. The molecule has 2 N–H and O–H groups in total. The number of halogens is 1. The van der Waals surface area contributed by atoms with Crippen molar-refractivity contribution in [1.29, 1.82) is 0 Å². The van der Waals surface area contributed by atoms with Crippen LogP contribution in [0.3, 0.4) is 0 Å². The van der Waals surface area contributed by atoms with Crippen LogP contribution < -0.4 is 15.1 Å². The van der Waals surface area contributed by atoms with Gasteiger partial charge in [-0.2, -0.15) is 0 Å². The molecule has 7 heteroatoms. The van der Waals surface area contributed by atoms with Gasteiger partial charge in [0.25, 0.3) is 0 Å². The zero-order chi connectivity index (χ0) is 21.0. The number of rotatable bonds is 6. The molecule has 2 aromatic carbocycles. The van der Waals surface area contributed by atoms with E-state index in [4.69, 9.17) is 11.6 Å². The second-order valence-corrected chi connectivity index (χ2v) is 8.07. The Kier molecular flexibility index (Phi) is 6.64. The van der Waals surface area contributed by atoms with Crippen LogP contribution >= 0.6 is 11.6 Å². The van der Waals surface area contributed by atoms with Gasteiger partial charge in [0.2, 0.25) is 5.91 Å². The Morgan fingerprint density at radius 3 is 2.21 bits per heavy atom. The largest absolute Gasteiger partial charge is 0.478 e. The maximum atomic E-state index is 12.0. The van der Waals surface area contributed by atoms with Crippen LogP contribution in [0.1, 0.15) is 30.6 Å². The first-order valence-electron chi connectivity index (χ1n) is 9.76. The van der Waals surface area contributed by atoms with E-state index in [9.17, 15) is 14.7 Å². The Morgan fingerprint density at radius 2 is 1.66 bits per heavy atom. The monoisotopic (exact) mass is 415 g/mol. The summed E-state index contributed by atoms with van der Waals surface area (Å²) in [6, 6.07) is 13.0. The fourth-order valence-electron chi connectivity index (χ4n) is 3.48. The molecule has 1 heterocycles. The first-order chi connectivity index (χ1) is 13.8. The molecular formula is C22H26ClN3O3. The minimum absolute atomic E-state index is 0.108. The Labute approximate surface area is 176 Å². The summed E-state index contributed by atoms with van der Waals surface area (Å²) in [6.45, 7) is 7.06. The molecule has 1 saturated heterocycles. The molecular weight excluding hydrogens is 390 g/mol. The number of carbonyl (C=O) groups excluding carboxylic acids is 1. The van der Waals surface area contributed by atoms with Crippen molar-refractivity contribution in [2.75, 3.05) is 41.3 Å². The molecule has 0 radical (unpaired) electrons. The molecule has 1 fully saturated rings. The van der Waals surface area contributed by atoms with Gasteiger partial charge in [0.05, 0.1) is 11.3 Å². The van der Waals surface area contributed by atoms with Crippen LogP contribution in [0, 0.1) is 5.92 Å². The predicted octanol–water partition coefficient (Wildman–Crippen LogP) is 4.35. The summed E-state index contributed by atoms with van der Waals surface area (Å²) < 4.78 is 0. The number of nitrogens with zero attached hydrogens (tertiary/aromatic N) is 2. The first kappa shape index (κ1) is 21.0. The van der Waals surface area contributed by atoms with E-state index in [1.165, 1.54) is 0 Å². The molecule has 6 nitrogen and oxygen atoms in total. The number of nitrogens with one attached hydrogen (secondary N) is 1. The number of benzene rings is 2. The van der Waals surface area contributed by atoms with Crippen LogP contribution in [0.15, 0.2) is 42.5 Å². The lowest BCUT2D eigenvalue weighted by Crippen LogP contribution is -2.46. The number of amides is 1. The molecule has 2 aromatic rings. The number of aromatic carboxylic acids is 1. The van der Waals surface area contributed by atoms with Crippen molar-refractivity contribution >= 4 is 40.5 Å². The van der Waals surface area contributed by atoms with Crippen molar-refractivity contribution in [3.05, 3.63) is 53.1 Å². The van der Waals surface area contributed by atoms with Gasteiger partial charge in [0.15, 0.2) is 0 Å². The molecule has 0 atom stereocenters. The second kappa shape index (κ2) is 9.18. The Hall–Kier alpha value is -2.73. The SMILES string of the molecule is CC(C)CC(=O)Nc1ccc(N2CCN(c3cccc(Cl)c3)CC2)cc1C(=O)O. The smallest absolute Gasteiger partial charge is 0.337 e. The summed E-state index contributed by atoms with van der Waals surface area (Å²) >= 11 is 6.09. The summed E-state index contributed by atoms with van der Waals surface area (Å²) in [7, 11) is 0. The number of carboxylic acid groups (broad SMARTS) is 1. The number of piperazine rings is 1. The minimum Gasteiger partial charge on any atom is -0.478 e. The van der Waals surface area contributed by atoms with Crippen molar-refractivity contribution < 1.29 is 14.7 Å². The Bertz CT molecular complexity index is 893. The van der Waals surface area contributed by atoms with Gasteiger partial charge in [-0.3, -0.25) is 4.79 Å². The summed E-state index contributed by atoms with van der Waals surface area (Å²) in [5, 5.41) is 13.1. The second-order valence-electron chi connectivity index (χ2n) is 7.64. The summed E-state index contributed by atoms with van der Waals surface area (Å²) in [5.74, 6) is -1.02. The highest BCUT2D eigenvalue weighted by atomic mass is 35.5. The lowest BCUT2D eigenvalue weighted by molar-refractivity contribution is -0.116. The van der Waals surface area contributed by atoms with Crippen LogP contribution in [0.2, 0.25) is 5.02 Å². The van der Waals surface area contributed by atoms with Crippen molar-refractivity contribution in [2.45, 2.75) is 20.3 Å². The maximum Gasteiger partial charge on any atom is 0.337 e. The Morgan fingerprint density at radius 1 is 1.03 bits per heavy atom. The molecule has 154 valence electrons. The van der Waals surface area contributed by atoms with Gasteiger partial charge in [0.1, 0.15) is 0 Å². The molecule has 0 unspecified atom stereocenters. The highest BCUT2D eigenvalue weighted by Gasteiger charge is 2.20. The average molecular weight is 416 g/mol. The third kappa shape index (κ3) is 5.41. The lowest BCUT2D eigenvalue weighted by Gasteiger charge is -2.37. The van der Waals surface area contributed by atoms with E-state index < -0.39 is 5.97 Å². The number of carbonyl (C=O) groups is 2. The van der Waals surface area contributed by atoms with Crippen LogP contribution in [0.4, 0.5) is 17.1 Å². The van der Waals surface area contributed by atoms with Crippen molar-refractivity contribution in [3.8, 4) is 0 Å². The fourth-order valence-corrected chi connectivity index (χ4v) is 3.67. The summed E-state index contributed by atoms with van der Waals surface area (Å²) in [5.41, 5.74) is 2.38. The predicted molar refractivity (Wildman–Crippen MR) is 117 cm³/mol. The number of hydrogen-bond donors (Lipinski definition) is 2. The normalized spacial score (nSPS) is 14.2. The third-order valence-electron chi connectivity index (χ3n) is 4.92. The molecule has 0 bridgehead atoms. The van der Waals surface area contributed by atoms with Crippen LogP contribution in [-0.2, 0) is 4.79 Å². The lowest BCUT2D eigenvalue weighted by atomic mass is 10.1. The Balaban J connectivity index is 1.70. The molecule has 0 aliphatic carbocycles. The topological polar surface area (TPSA) is 72.9 Å². The highest BCUT2D eigenvalue weighted by molar-refractivity contribution is 6.30. The van der Waals surface area contributed by atoms with Gasteiger partial charge in [0, 0.05) is 49.0 Å². The molecule has 1 aliphatic rings. The van der Waals surface area contributed by atoms with E-state index >= 15 is 0 Å². The highest BCUT2D eigenvalue weighted by Crippen LogP contribution is 2.27. The number of hydrogen-bond acceptors (Lipinski definition) is 4. The van der Waals surface area contributed by atoms with Gasteiger partial charge in [-0.25, -0.2) is 4.79 Å². The molecule has 1 aliphatic heterocycles. The number of anilines is 3. The molecule has 3 rings (SSSR count). The zero-order valence-electron chi connectivity index (χ0n) is 16.7. The zero-order valence-corrected chi connectivity index (χ0v) is 17.4. The van der Waals surface area contributed by atoms with Crippen LogP contribution in [0.25, 0.3) is 0 Å². The van der Waals surface area contributed by atoms with Gasteiger partial charge in [-0.05, 0) is 42.3 Å². The van der Waals surface area contributed by atoms with Gasteiger partial charge in [-0.15, -0.1) is 0 Å². The standard InChI is InChI=1S/C22H26ClN3O3/c1-15(2)12-21(27)24-20-7-6-18(14-19(20)22(28)29)26-10-8-25(9-11-26)17-5-3-4-16(23)13-17/h3-7,13-15H,8-12H2,1-2H3,(H,24,27)(H,28,29). The summed E-state index contributed by atoms with van der Waals surface area (Å²) in [4.78, 5) is 28.2. The molecule has 0 saturated carbocycles. The van der Waals surface area contributed by atoms with Crippen LogP contribution in [-0.4, -0.2) is 43.2 Å². The number of carboxylic acids is 1. The van der Waals surface area contributed by atoms with E-state index in [2.05, 4.69) is 15.1 Å². The quantitative estimate of drug-likeness (QED) is 0.733. The van der Waals surface area contributed by atoms with Crippen LogP contribution in [0.5, 0.6) is 0 Å². The first-order valence-corrected chi connectivity index (χ1v) is 10.1. The minimum atomic E-state index is -1.05. The molecule has 0 spiro atoms. The van der Waals surface area contributed by atoms with Gasteiger partial charge < -0.3 is 20.2 Å². The molecule has 29 heavy (non-hydrogen) atoms. The van der Waals surface area contributed by atoms with Gasteiger partial charge >= 0.3 is 5.97 Å². The van der Waals surface area contributed by atoms with E-state index in [1.54, 1.807) is 12.1 Å². The van der Waals surface area contributed by atoms with Crippen molar-refractivity contribution in [1.82, 2.24) is 0 Å². The van der Waals surface area contributed by atoms with E-state index in [-0.39, 0.29) is 17.4 Å². The molecule has 1 amide bonds. The summed E-state index contributed by atoms with van der Waals surface area (Å²) in [6.07, 6.45) is 0.353. The third-order valence-corrected chi connectivity index (χ3v) is 5.15. The van der Waals surface area contributed by atoms with Crippen molar-refractivity contribution in [3.63, 3.8) is 0 Å². The van der Waals surface area contributed by atoms with Crippen molar-refractivity contribution in [2.24, 2.45) is 5.92 Å².